The lowest BCUT2D eigenvalue weighted by Gasteiger charge is -2.30. The summed E-state index contributed by atoms with van der Waals surface area (Å²) in [5.41, 5.74) is 3.56. The molecule has 3 rings (SSSR count). The zero-order valence-corrected chi connectivity index (χ0v) is 14.0. The van der Waals surface area contributed by atoms with Gasteiger partial charge in [-0.2, -0.15) is 5.10 Å². The molecule has 2 unspecified atom stereocenters. The van der Waals surface area contributed by atoms with E-state index in [1.54, 1.807) is 6.20 Å². The highest BCUT2D eigenvalue weighted by Gasteiger charge is 2.31. The number of aryl methyl sites for hydroxylation is 1. The molecule has 1 aliphatic carbocycles. The van der Waals surface area contributed by atoms with Crippen molar-refractivity contribution in [2.45, 2.75) is 51.2 Å². The molecule has 3 nitrogen and oxygen atoms in total. The lowest BCUT2D eigenvalue weighted by molar-refractivity contribution is 0.123. The van der Waals surface area contributed by atoms with Crippen molar-refractivity contribution in [1.82, 2.24) is 9.78 Å². The molecule has 0 bridgehead atoms. The molecule has 112 valence electrons. The second kappa shape index (κ2) is 5.93. The molecular formula is C17H21BrN2O. The average molecular weight is 349 g/mol. The van der Waals surface area contributed by atoms with Gasteiger partial charge in [0.2, 0.25) is 0 Å². The quantitative estimate of drug-likeness (QED) is 0.893. The molecule has 1 heterocycles. The van der Waals surface area contributed by atoms with Gasteiger partial charge in [-0.05, 0) is 60.2 Å². The Labute approximate surface area is 134 Å². The first-order valence-corrected chi connectivity index (χ1v) is 8.37. The molecule has 1 aliphatic rings. The highest BCUT2D eigenvalue weighted by atomic mass is 79.9. The first-order chi connectivity index (χ1) is 10.1. The van der Waals surface area contributed by atoms with Gasteiger partial charge in [0, 0.05) is 12.0 Å². The van der Waals surface area contributed by atoms with E-state index in [-0.39, 0.29) is 12.0 Å². The molecule has 1 aromatic carbocycles. The fourth-order valence-electron chi connectivity index (χ4n) is 3.35. The Bertz CT molecular complexity index is 635. The SMILES string of the molecule is CC(C)n1ncc(Br)c1C(O)C1CCCc2ccccc21. The van der Waals surface area contributed by atoms with E-state index in [1.165, 1.54) is 11.1 Å². The van der Waals surface area contributed by atoms with Gasteiger partial charge in [0.1, 0.15) is 6.10 Å². The van der Waals surface area contributed by atoms with Crippen LogP contribution in [0.5, 0.6) is 0 Å². The largest absolute Gasteiger partial charge is 0.386 e. The summed E-state index contributed by atoms with van der Waals surface area (Å²) < 4.78 is 2.82. The summed E-state index contributed by atoms with van der Waals surface area (Å²) in [5.74, 6) is 0.153. The minimum Gasteiger partial charge on any atom is -0.386 e. The number of aliphatic hydroxyl groups excluding tert-OH is 1. The molecular weight excluding hydrogens is 328 g/mol. The monoisotopic (exact) mass is 348 g/mol. The van der Waals surface area contributed by atoms with Crippen molar-refractivity contribution in [1.29, 1.82) is 0 Å². The zero-order valence-electron chi connectivity index (χ0n) is 12.5. The number of rotatable bonds is 3. The minimum atomic E-state index is -0.522. The van der Waals surface area contributed by atoms with Gasteiger partial charge in [-0.25, -0.2) is 0 Å². The van der Waals surface area contributed by atoms with Gasteiger partial charge in [-0.3, -0.25) is 4.68 Å². The van der Waals surface area contributed by atoms with E-state index in [0.717, 1.165) is 29.4 Å². The number of hydrogen-bond acceptors (Lipinski definition) is 2. The van der Waals surface area contributed by atoms with Crippen molar-refractivity contribution in [2.75, 3.05) is 0 Å². The van der Waals surface area contributed by atoms with E-state index in [9.17, 15) is 5.11 Å². The van der Waals surface area contributed by atoms with Crippen LogP contribution < -0.4 is 0 Å². The molecule has 0 saturated carbocycles. The standard InChI is InChI=1S/C17H21BrN2O/c1-11(2)20-16(15(18)10-19-20)17(21)14-9-5-7-12-6-3-4-8-13(12)14/h3-4,6,8,10-11,14,17,21H,5,7,9H2,1-2H3. The normalized spacial score (nSPS) is 19.6. The Morgan fingerprint density at radius 1 is 1.33 bits per heavy atom. The van der Waals surface area contributed by atoms with Gasteiger partial charge in [0.05, 0.1) is 16.4 Å². The first kappa shape index (κ1) is 14.8. The van der Waals surface area contributed by atoms with Crippen molar-refractivity contribution in [2.24, 2.45) is 0 Å². The molecule has 4 heteroatoms. The van der Waals surface area contributed by atoms with Crippen molar-refractivity contribution in [3.63, 3.8) is 0 Å². The molecule has 0 radical (unpaired) electrons. The van der Waals surface area contributed by atoms with Crippen LogP contribution in [0.2, 0.25) is 0 Å². The van der Waals surface area contributed by atoms with E-state index in [0.29, 0.717) is 0 Å². The molecule has 0 spiro atoms. The van der Waals surface area contributed by atoms with Crippen molar-refractivity contribution in [3.05, 3.63) is 51.8 Å². The maximum absolute atomic E-state index is 11.0. The van der Waals surface area contributed by atoms with E-state index >= 15 is 0 Å². The van der Waals surface area contributed by atoms with Crippen molar-refractivity contribution < 1.29 is 5.11 Å². The number of aromatic nitrogens is 2. The molecule has 1 N–H and O–H groups in total. The molecule has 0 aliphatic heterocycles. The van der Waals surface area contributed by atoms with Gasteiger partial charge in [-0.1, -0.05) is 24.3 Å². The molecule has 21 heavy (non-hydrogen) atoms. The Kier molecular flexibility index (Phi) is 4.18. The van der Waals surface area contributed by atoms with Crippen LogP contribution >= 0.6 is 15.9 Å². The van der Waals surface area contributed by atoms with Crippen LogP contribution in [0.25, 0.3) is 0 Å². The van der Waals surface area contributed by atoms with Crippen LogP contribution in [-0.4, -0.2) is 14.9 Å². The number of fused-ring (bicyclic) bond motifs is 1. The van der Waals surface area contributed by atoms with E-state index < -0.39 is 6.10 Å². The Balaban J connectivity index is 2.01. The summed E-state index contributed by atoms with van der Waals surface area (Å²) in [6.45, 7) is 4.18. The third kappa shape index (κ3) is 2.67. The fourth-order valence-corrected chi connectivity index (χ4v) is 3.86. The lowest BCUT2D eigenvalue weighted by Crippen LogP contribution is -2.21. The maximum atomic E-state index is 11.0. The van der Waals surface area contributed by atoms with E-state index in [4.69, 9.17) is 0 Å². The van der Waals surface area contributed by atoms with Gasteiger partial charge in [-0.15, -0.1) is 0 Å². The van der Waals surface area contributed by atoms with Crippen LogP contribution in [0.4, 0.5) is 0 Å². The average Bonchev–Trinajstić information content (AvgIpc) is 2.88. The Morgan fingerprint density at radius 2 is 2.10 bits per heavy atom. The topological polar surface area (TPSA) is 38.0 Å². The van der Waals surface area contributed by atoms with Crippen LogP contribution in [0.3, 0.4) is 0 Å². The second-order valence-corrected chi connectivity index (χ2v) is 6.91. The summed E-state index contributed by atoms with van der Waals surface area (Å²) >= 11 is 3.55. The van der Waals surface area contributed by atoms with Crippen molar-refractivity contribution in [3.8, 4) is 0 Å². The number of benzene rings is 1. The van der Waals surface area contributed by atoms with Gasteiger partial charge in [0.15, 0.2) is 0 Å². The number of hydrogen-bond donors (Lipinski definition) is 1. The first-order valence-electron chi connectivity index (χ1n) is 7.58. The molecule has 2 atom stereocenters. The van der Waals surface area contributed by atoms with Gasteiger partial charge in [0.25, 0.3) is 0 Å². The highest BCUT2D eigenvalue weighted by molar-refractivity contribution is 9.10. The van der Waals surface area contributed by atoms with Gasteiger partial charge >= 0.3 is 0 Å². The molecule has 0 saturated heterocycles. The van der Waals surface area contributed by atoms with E-state index in [2.05, 4.69) is 59.1 Å². The van der Waals surface area contributed by atoms with Crippen LogP contribution in [0, 0.1) is 0 Å². The third-order valence-electron chi connectivity index (χ3n) is 4.35. The van der Waals surface area contributed by atoms with Gasteiger partial charge < -0.3 is 5.11 Å². The maximum Gasteiger partial charge on any atom is 0.104 e. The third-order valence-corrected chi connectivity index (χ3v) is 4.96. The molecule has 0 fully saturated rings. The fraction of sp³-hybridized carbons (Fsp3) is 0.471. The molecule has 1 aromatic heterocycles. The Morgan fingerprint density at radius 3 is 2.86 bits per heavy atom. The summed E-state index contributed by atoms with van der Waals surface area (Å²) in [4.78, 5) is 0. The molecule has 2 aromatic rings. The smallest absolute Gasteiger partial charge is 0.104 e. The van der Waals surface area contributed by atoms with Crippen molar-refractivity contribution >= 4 is 15.9 Å². The number of aliphatic hydroxyl groups is 1. The van der Waals surface area contributed by atoms with Crippen LogP contribution in [0.1, 0.15) is 61.6 Å². The zero-order chi connectivity index (χ0) is 15.0. The number of halogens is 1. The Hall–Kier alpha value is -1.13. The summed E-state index contributed by atoms with van der Waals surface area (Å²) in [6, 6.07) is 8.73. The lowest BCUT2D eigenvalue weighted by atomic mass is 9.79. The minimum absolute atomic E-state index is 0.153. The summed E-state index contributed by atoms with van der Waals surface area (Å²) in [7, 11) is 0. The predicted octanol–water partition coefficient (Wildman–Crippen LogP) is 4.38. The summed E-state index contributed by atoms with van der Waals surface area (Å²) in [6.07, 6.45) is 4.53. The van der Waals surface area contributed by atoms with Crippen LogP contribution in [0.15, 0.2) is 34.9 Å². The van der Waals surface area contributed by atoms with E-state index in [1.807, 2.05) is 4.68 Å². The number of nitrogens with zero attached hydrogens (tertiary/aromatic N) is 2. The summed E-state index contributed by atoms with van der Waals surface area (Å²) in [5, 5.41) is 15.4. The second-order valence-electron chi connectivity index (χ2n) is 6.06. The van der Waals surface area contributed by atoms with Crippen LogP contribution in [-0.2, 0) is 6.42 Å². The predicted molar refractivity (Wildman–Crippen MR) is 87.4 cm³/mol. The molecule has 0 amide bonds. The highest BCUT2D eigenvalue weighted by Crippen LogP contribution is 2.42.